The lowest BCUT2D eigenvalue weighted by Gasteiger charge is -2.15. The maximum atomic E-state index is 13.0. The van der Waals surface area contributed by atoms with Crippen molar-refractivity contribution in [2.24, 2.45) is 5.73 Å². The Balaban J connectivity index is 1.52. The van der Waals surface area contributed by atoms with Gasteiger partial charge in [-0.3, -0.25) is 14.6 Å². The number of anilines is 3. The van der Waals surface area contributed by atoms with Crippen molar-refractivity contribution in [1.82, 2.24) is 4.98 Å². The summed E-state index contributed by atoms with van der Waals surface area (Å²) >= 11 is 0. The van der Waals surface area contributed by atoms with Gasteiger partial charge in [-0.2, -0.15) is 0 Å². The number of aromatic nitrogens is 1. The van der Waals surface area contributed by atoms with Crippen molar-refractivity contribution in [1.29, 1.82) is 0 Å². The number of primary amides is 1. The van der Waals surface area contributed by atoms with Gasteiger partial charge in [0, 0.05) is 41.0 Å². The smallest absolute Gasteiger partial charge is 0.255 e. The van der Waals surface area contributed by atoms with Crippen LogP contribution < -0.4 is 25.8 Å². The first-order valence-electron chi connectivity index (χ1n) is 10.7. The van der Waals surface area contributed by atoms with Crippen molar-refractivity contribution >= 4 is 39.8 Å². The largest absolute Gasteiger partial charge is 0.497 e. The Morgan fingerprint density at radius 1 is 1.06 bits per heavy atom. The second-order valence-electron chi connectivity index (χ2n) is 7.88. The molecule has 0 atom stereocenters. The van der Waals surface area contributed by atoms with Gasteiger partial charge in [0.15, 0.2) is 0 Å². The number of ether oxygens (including phenoxy) is 2. The molecule has 0 saturated heterocycles. The fourth-order valence-corrected chi connectivity index (χ4v) is 3.97. The molecular formula is C26H22N4O4. The molecule has 1 aromatic heterocycles. The minimum absolute atomic E-state index is 0.214. The van der Waals surface area contributed by atoms with Gasteiger partial charge in [-0.05, 0) is 54.1 Å². The maximum absolute atomic E-state index is 13.0. The van der Waals surface area contributed by atoms with Crippen LogP contribution in [0.5, 0.6) is 11.5 Å². The third-order valence-corrected chi connectivity index (χ3v) is 5.68. The Morgan fingerprint density at radius 2 is 1.94 bits per heavy atom. The van der Waals surface area contributed by atoms with E-state index in [-0.39, 0.29) is 11.5 Å². The molecule has 8 nitrogen and oxygen atoms in total. The lowest BCUT2D eigenvalue weighted by Crippen LogP contribution is -2.15. The number of amides is 2. The van der Waals surface area contributed by atoms with Crippen LogP contribution in [-0.4, -0.2) is 30.5 Å². The van der Waals surface area contributed by atoms with E-state index in [1.165, 1.54) is 6.20 Å². The quantitative estimate of drug-likeness (QED) is 0.401. The molecule has 3 aromatic carbocycles. The van der Waals surface area contributed by atoms with Crippen LogP contribution in [0.15, 0.2) is 66.9 Å². The molecule has 1 aliphatic rings. The lowest BCUT2D eigenvalue weighted by atomic mass is 10.0. The zero-order valence-electron chi connectivity index (χ0n) is 18.4. The van der Waals surface area contributed by atoms with Gasteiger partial charge in [-0.15, -0.1) is 0 Å². The minimum Gasteiger partial charge on any atom is -0.497 e. The number of methoxy groups -OCH3 is 1. The number of hydrogen-bond donors (Lipinski definition) is 3. The predicted octanol–water partition coefficient (Wildman–Crippen LogP) is 4.27. The molecule has 8 heteroatoms. The van der Waals surface area contributed by atoms with Crippen LogP contribution in [0.4, 0.5) is 17.1 Å². The second kappa shape index (κ2) is 8.74. The summed E-state index contributed by atoms with van der Waals surface area (Å²) in [5, 5.41) is 6.77. The van der Waals surface area contributed by atoms with Crippen LogP contribution >= 0.6 is 0 Å². The number of nitrogens with zero attached hydrogens (tertiary/aromatic N) is 1. The van der Waals surface area contributed by atoms with E-state index in [1.54, 1.807) is 31.4 Å². The second-order valence-corrected chi connectivity index (χ2v) is 7.88. The molecule has 0 fully saturated rings. The molecule has 1 aliphatic heterocycles. The van der Waals surface area contributed by atoms with Crippen LogP contribution in [0.25, 0.3) is 10.9 Å². The van der Waals surface area contributed by atoms with Crippen molar-refractivity contribution in [2.75, 3.05) is 24.4 Å². The zero-order chi connectivity index (χ0) is 23.7. The van der Waals surface area contributed by atoms with Crippen LogP contribution in [0.3, 0.4) is 0 Å². The highest BCUT2D eigenvalue weighted by atomic mass is 16.5. The van der Waals surface area contributed by atoms with Crippen molar-refractivity contribution in [2.45, 2.75) is 6.42 Å². The molecule has 5 rings (SSSR count). The average molecular weight is 454 g/mol. The number of benzene rings is 3. The van der Waals surface area contributed by atoms with Gasteiger partial charge in [0.1, 0.15) is 11.5 Å². The van der Waals surface area contributed by atoms with E-state index in [0.29, 0.717) is 45.9 Å². The molecule has 2 heterocycles. The maximum Gasteiger partial charge on any atom is 0.255 e. The molecule has 0 spiro atoms. The summed E-state index contributed by atoms with van der Waals surface area (Å²) in [5.74, 6) is 0.596. The molecule has 170 valence electrons. The summed E-state index contributed by atoms with van der Waals surface area (Å²) in [6.45, 7) is 0.648. The Morgan fingerprint density at radius 3 is 2.76 bits per heavy atom. The minimum atomic E-state index is -0.630. The molecular weight excluding hydrogens is 432 g/mol. The van der Waals surface area contributed by atoms with Gasteiger partial charge in [-0.1, -0.05) is 6.07 Å². The van der Waals surface area contributed by atoms with E-state index >= 15 is 0 Å². The molecule has 0 bridgehead atoms. The SMILES string of the molecule is COc1cccc(Nc2c(C(N)=O)cnc3ccc(C(=O)Nc4ccc5c(c4)CCO5)cc23)c1. The zero-order valence-corrected chi connectivity index (χ0v) is 18.4. The molecule has 0 unspecified atom stereocenters. The normalized spacial score (nSPS) is 12.0. The first kappa shape index (κ1) is 21.3. The summed E-state index contributed by atoms with van der Waals surface area (Å²) in [4.78, 5) is 29.5. The lowest BCUT2D eigenvalue weighted by molar-refractivity contribution is 0.0998. The van der Waals surface area contributed by atoms with Crippen LogP contribution in [0.1, 0.15) is 26.3 Å². The summed E-state index contributed by atoms with van der Waals surface area (Å²) in [5.41, 5.74) is 9.79. The molecule has 4 aromatic rings. The van der Waals surface area contributed by atoms with Crippen LogP contribution in [0.2, 0.25) is 0 Å². The average Bonchev–Trinajstić information content (AvgIpc) is 3.32. The fourth-order valence-electron chi connectivity index (χ4n) is 3.97. The molecule has 0 radical (unpaired) electrons. The molecule has 0 aliphatic carbocycles. The topological polar surface area (TPSA) is 116 Å². The van der Waals surface area contributed by atoms with E-state index < -0.39 is 5.91 Å². The van der Waals surface area contributed by atoms with E-state index in [4.69, 9.17) is 15.2 Å². The molecule has 34 heavy (non-hydrogen) atoms. The highest BCUT2D eigenvalue weighted by molar-refractivity contribution is 6.11. The summed E-state index contributed by atoms with van der Waals surface area (Å²) < 4.78 is 10.8. The van der Waals surface area contributed by atoms with E-state index in [9.17, 15) is 9.59 Å². The first-order chi connectivity index (χ1) is 16.5. The van der Waals surface area contributed by atoms with Gasteiger partial charge in [0.25, 0.3) is 11.8 Å². The number of nitrogens with two attached hydrogens (primary N) is 1. The number of rotatable bonds is 6. The summed E-state index contributed by atoms with van der Waals surface area (Å²) in [6, 6.07) is 18.0. The molecule has 0 saturated carbocycles. The molecule has 2 amide bonds. The number of pyridine rings is 1. The molecule has 4 N–H and O–H groups in total. The van der Waals surface area contributed by atoms with E-state index in [2.05, 4.69) is 15.6 Å². The predicted molar refractivity (Wildman–Crippen MR) is 130 cm³/mol. The fraction of sp³-hybridized carbons (Fsp3) is 0.115. The van der Waals surface area contributed by atoms with Crippen molar-refractivity contribution in [3.63, 3.8) is 0 Å². The Labute approximate surface area is 195 Å². The van der Waals surface area contributed by atoms with Crippen molar-refractivity contribution in [3.8, 4) is 11.5 Å². The number of carbonyl (C=O) groups excluding carboxylic acids is 2. The highest BCUT2D eigenvalue weighted by Crippen LogP contribution is 2.32. The van der Waals surface area contributed by atoms with E-state index in [0.717, 1.165) is 17.7 Å². The van der Waals surface area contributed by atoms with E-state index in [1.807, 2.05) is 36.4 Å². The Hall–Kier alpha value is -4.59. The monoisotopic (exact) mass is 454 g/mol. The Bertz CT molecular complexity index is 1430. The van der Waals surface area contributed by atoms with Crippen molar-refractivity contribution < 1.29 is 19.1 Å². The van der Waals surface area contributed by atoms with Gasteiger partial charge in [-0.25, -0.2) is 0 Å². The number of fused-ring (bicyclic) bond motifs is 2. The highest BCUT2D eigenvalue weighted by Gasteiger charge is 2.17. The van der Waals surface area contributed by atoms with Gasteiger partial charge in [0.05, 0.1) is 30.5 Å². The summed E-state index contributed by atoms with van der Waals surface area (Å²) in [7, 11) is 1.58. The number of nitrogens with one attached hydrogen (secondary N) is 2. The third-order valence-electron chi connectivity index (χ3n) is 5.68. The third kappa shape index (κ3) is 4.09. The van der Waals surface area contributed by atoms with Gasteiger partial charge in [0.2, 0.25) is 0 Å². The van der Waals surface area contributed by atoms with Gasteiger partial charge >= 0.3 is 0 Å². The van der Waals surface area contributed by atoms with Crippen molar-refractivity contribution in [3.05, 3.63) is 83.6 Å². The van der Waals surface area contributed by atoms with Gasteiger partial charge < -0.3 is 25.8 Å². The number of carbonyl (C=O) groups is 2. The Kier molecular flexibility index (Phi) is 5.47. The van der Waals surface area contributed by atoms with Crippen LogP contribution in [0, 0.1) is 0 Å². The number of hydrogen-bond acceptors (Lipinski definition) is 6. The summed E-state index contributed by atoms with van der Waals surface area (Å²) in [6.07, 6.45) is 2.25. The first-order valence-corrected chi connectivity index (χ1v) is 10.7. The standard InChI is InChI=1S/C26H22N4O4/c1-33-19-4-2-3-17(13-19)29-24-20-12-16(5-7-22(20)28-14-21(24)25(27)31)26(32)30-18-6-8-23-15(11-18)9-10-34-23/h2-8,11-14H,9-10H2,1H3,(H2,27,31)(H,28,29)(H,30,32). The van der Waals surface area contributed by atoms with Crippen LogP contribution in [-0.2, 0) is 6.42 Å².